The highest BCUT2D eigenvalue weighted by atomic mass is 35.5. The second-order valence-electron chi connectivity index (χ2n) is 5.38. The maximum absolute atomic E-state index is 11.4. The van der Waals surface area contributed by atoms with Gasteiger partial charge in [0.15, 0.2) is 0 Å². The van der Waals surface area contributed by atoms with Gasteiger partial charge in [-0.25, -0.2) is 0 Å². The van der Waals surface area contributed by atoms with Gasteiger partial charge >= 0.3 is 0 Å². The number of amides is 1. The van der Waals surface area contributed by atoms with E-state index in [1.807, 2.05) is 18.2 Å². The van der Waals surface area contributed by atoms with Gasteiger partial charge in [0.25, 0.3) is 0 Å². The molecule has 2 fully saturated rings. The third kappa shape index (κ3) is 2.37. The molecule has 2 heterocycles. The fraction of sp³-hybridized carbons (Fsp3) is 0.500. The van der Waals surface area contributed by atoms with E-state index in [0.29, 0.717) is 29.1 Å². The summed E-state index contributed by atoms with van der Waals surface area (Å²) in [6.45, 7) is 1.85. The highest BCUT2D eigenvalue weighted by Crippen LogP contribution is 2.34. The summed E-state index contributed by atoms with van der Waals surface area (Å²) in [6, 6.07) is 6.09. The molecule has 2 aliphatic rings. The predicted octanol–water partition coefficient (Wildman–Crippen LogP) is 2.03. The van der Waals surface area contributed by atoms with Crippen LogP contribution in [-0.2, 0) is 4.79 Å². The zero-order valence-electron chi connectivity index (χ0n) is 10.7. The molecule has 2 saturated heterocycles. The van der Waals surface area contributed by atoms with E-state index in [0.717, 1.165) is 31.6 Å². The van der Waals surface area contributed by atoms with Crippen LogP contribution in [-0.4, -0.2) is 25.0 Å². The van der Waals surface area contributed by atoms with Gasteiger partial charge in [0, 0.05) is 25.6 Å². The van der Waals surface area contributed by atoms with E-state index in [1.165, 1.54) is 0 Å². The topological polar surface area (TPSA) is 58.4 Å². The summed E-state index contributed by atoms with van der Waals surface area (Å²) in [6.07, 6.45) is 2.58. The van der Waals surface area contributed by atoms with Crippen molar-refractivity contribution in [2.24, 2.45) is 5.92 Å². The number of piperidine rings is 2. The van der Waals surface area contributed by atoms with Crippen LogP contribution in [0.2, 0.25) is 5.02 Å². The van der Waals surface area contributed by atoms with E-state index < -0.39 is 0 Å². The Bertz CT molecular complexity index is 505. The van der Waals surface area contributed by atoms with Crippen LogP contribution >= 0.6 is 11.6 Å². The number of anilines is 2. The van der Waals surface area contributed by atoms with E-state index in [-0.39, 0.29) is 5.91 Å². The van der Waals surface area contributed by atoms with Crippen molar-refractivity contribution in [2.45, 2.75) is 25.3 Å². The molecule has 0 aliphatic carbocycles. The maximum atomic E-state index is 11.4. The normalized spacial score (nSPS) is 26.8. The molecule has 0 bridgehead atoms. The molecule has 5 heteroatoms. The van der Waals surface area contributed by atoms with Crippen molar-refractivity contribution >= 4 is 28.9 Å². The smallest absolute Gasteiger partial charge is 0.220 e. The number of para-hydroxylation sites is 1. The Morgan fingerprint density at radius 3 is 3.05 bits per heavy atom. The number of benzene rings is 1. The van der Waals surface area contributed by atoms with E-state index in [2.05, 4.69) is 10.2 Å². The largest absolute Gasteiger partial charge is 0.396 e. The first-order valence-electron chi connectivity index (χ1n) is 6.73. The lowest BCUT2D eigenvalue weighted by atomic mass is 9.85. The molecule has 4 nitrogen and oxygen atoms in total. The second-order valence-corrected chi connectivity index (χ2v) is 5.79. The third-order valence-electron chi connectivity index (χ3n) is 4.19. The van der Waals surface area contributed by atoms with Crippen molar-refractivity contribution in [1.29, 1.82) is 0 Å². The van der Waals surface area contributed by atoms with Crippen LogP contribution in [0.25, 0.3) is 0 Å². The van der Waals surface area contributed by atoms with Crippen molar-refractivity contribution in [3.05, 3.63) is 23.2 Å². The first kappa shape index (κ1) is 12.6. The Labute approximate surface area is 117 Å². The molecule has 0 radical (unpaired) electrons. The number of rotatable bonds is 1. The fourth-order valence-corrected chi connectivity index (χ4v) is 3.30. The molecular weight excluding hydrogens is 262 g/mol. The summed E-state index contributed by atoms with van der Waals surface area (Å²) in [5, 5.41) is 3.70. The molecule has 0 saturated carbocycles. The Morgan fingerprint density at radius 1 is 1.37 bits per heavy atom. The quantitative estimate of drug-likeness (QED) is 0.774. The van der Waals surface area contributed by atoms with Crippen LogP contribution in [0.3, 0.4) is 0 Å². The van der Waals surface area contributed by atoms with Gasteiger partial charge in [0.05, 0.1) is 16.4 Å². The molecule has 2 atom stereocenters. The number of nitrogen functional groups attached to an aromatic ring is 1. The molecule has 0 aromatic heterocycles. The average Bonchev–Trinajstić information content (AvgIpc) is 2.41. The number of nitrogens with two attached hydrogens (primary N) is 1. The number of hydrogen-bond acceptors (Lipinski definition) is 3. The van der Waals surface area contributed by atoms with Gasteiger partial charge in [0.2, 0.25) is 5.91 Å². The maximum Gasteiger partial charge on any atom is 0.220 e. The monoisotopic (exact) mass is 279 g/mol. The summed E-state index contributed by atoms with van der Waals surface area (Å²) < 4.78 is 0. The van der Waals surface area contributed by atoms with E-state index in [9.17, 15) is 4.79 Å². The van der Waals surface area contributed by atoms with Gasteiger partial charge in [0.1, 0.15) is 0 Å². The van der Waals surface area contributed by atoms with Crippen molar-refractivity contribution in [3.63, 3.8) is 0 Å². The van der Waals surface area contributed by atoms with Crippen LogP contribution < -0.4 is 16.0 Å². The molecule has 19 heavy (non-hydrogen) atoms. The van der Waals surface area contributed by atoms with E-state index in [1.54, 1.807) is 0 Å². The van der Waals surface area contributed by atoms with Gasteiger partial charge in [-0.1, -0.05) is 17.7 Å². The summed E-state index contributed by atoms with van der Waals surface area (Å²) in [4.78, 5) is 13.7. The number of carbonyl (C=O) groups is 1. The number of carbonyl (C=O) groups excluding carboxylic acids is 1. The molecule has 3 N–H and O–H groups in total. The number of hydrogen-bond donors (Lipinski definition) is 2. The minimum absolute atomic E-state index is 0.192. The number of halogens is 1. The summed E-state index contributed by atoms with van der Waals surface area (Å²) >= 11 is 6.08. The van der Waals surface area contributed by atoms with Crippen LogP contribution in [0.5, 0.6) is 0 Å². The lowest BCUT2D eigenvalue weighted by Gasteiger charge is -2.42. The van der Waals surface area contributed by atoms with Gasteiger partial charge in [-0.2, -0.15) is 0 Å². The lowest BCUT2D eigenvalue weighted by molar-refractivity contribution is -0.124. The molecule has 2 aliphatic heterocycles. The SMILES string of the molecule is Nc1c(Cl)cccc1N1CCC2NC(=O)CCC2C1. The zero-order valence-corrected chi connectivity index (χ0v) is 11.5. The minimum atomic E-state index is 0.192. The fourth-order valence-electron chi connectivity index (χ4n) is 3.13. The first-order chi connectivity index (χ1) is 9.15. The zero-order chi connectivity index (χ0) is 13.4. The van der Waals surface area contributed by atoms with Gasteiger partial charge in [-0.15, -0.1) is 0 Å². The second kappa shape index (κ2) is 4.93. The molecular formula is C14H18ClN3O. The lowest BCUT2D eigenvalue weighted by Crippen LogP contribution is -2.54. The van der Waals surface area contributed by atoms with Crippen molar-refractivity contribution in [1.82, 2.24) is 5.32 Å². The van der Waals surface area contributed by atoms with Crippen LogP contribution in [0.4, 0.5) is 11.4 Å². The molecule has 0 spiro atoms. The highest BCUT2D eigenvalue weighted by molar-refractivity contribution is 6.33. The third-order valence-corrected chi connectivity index (χ3v) is 4.52. The molecule has 1 amide bonds. The Hall–Kier alpha value is -1.42. The molecule has 102 valence electrons. The van der Waals surface area contributed by atoms with Crippen molar-refractivity contribution < 1.29 is 4.79 Å². The Balaban J connectivity index is 1.78. The number of fused-ring (bicyclic) bond motifs is 1. The summed E-state index contributed by atoms with van der Waals surface area (Å²) in [5.41, 5.74) is 7.73. The number of nitrogens with one attached hydrogen (secondary N) is 1. The molecule has 3 rings (SSSR count). The first-order valence-corrected chi connectivity index (χ1v) is 7.11. The number of nitrogens with zero attached hydrogens (tertiary/aromatic N) is 1. The van der Waals surface area contributed by atoms with Crippen LogP contribution in [0, 0.1) is 5.92 Å². The Kier molecular flexibility index (Phi) is 3.27. The molecule has 1 aromatic rings. The minimum Gasteiger partial charge on any atom is -0.396 e. The van der Waals surface area contributed by atoms with Gasteiger partial charge in [-0.3, -0.25) is 4.79 Å². The standard InChI is InChI=1S/C14H18ClN3O/c15-10-2-1-3-12(14(10)16)18-7-6-11-9(8-18)4-5-13(19)17-11/h1-3,9,11H,4-8,16H2,(H,17,19). The average molecular weight is 280 g/mol. The summed E-state index contributed by atoms with van der Waals surface area (Å²) in [5.74, 6) is 0.710. The van der Waals surface area contributed by atoms with Crippen molar-refractivity contribution in [2.75, 3.05) is 23.7 Å². The summed E-state index contributed by atoms with van der Waals surface area (Å²) in [7, 11) is 0. The van der Waals surface area contributed by atoms with E-state index in [4.69, 9.17) is 17.3 Å². The molecule has 2 unspecified atom stereocenters. The van der Waals surface area contributed by atoms with Crippen LogP contribution in [0.1, 0.15) is 19.3 Å². The van der Waals surface area contributed by atoms with Gasteiger partial charge in [-0.05, 0) is 30.9 Å². The van der Waals surface area contributed by atoms with Crippen molar-refractivity contribution in [3.8, 4) is 0 Å². The predicted molar refractivity (Wildman–Crippen MR) is 77.3 cm³/mol. The van der Waals surface area contributed by atoms with Crippen LogP contribution in [0.15, 0.2) is 18.2 Å². The highest BCUT2D eigenvalue weighted by Gasteiger charge is 2.34. The Morgan fingerprint density at radius 2 is 2.21 bits per heavy atom. The molecule has 1 aromatic carbocycles. The van der Waals surface area contributed by atoms with E-state index >= 15 is 0 Å². The van der Waals surface area contributed by atoms with Gasteiger partial charge < -0.3 is 16.0 Å².